The van der Waals surface area contributed by atoms with Gasteiger partial charge in [0, 0.05) is 19.3 Å². The van der Waals surface area contributed by atoms with Crippen molar-refractivity contribution in [1.82, 2.24) is 0 Å². The first-order valence-electron chi connectivity index (χ1n) is 32.8. The van der Waals surface area contributed by atoms with Crippen molar-refractivity contribution in [1.29, 1.82) is 0 Å². The molecule has 0 aromatic heterocycles. The molecule has 0 aliphatic rings. The van der Waals surface area contributed by atoms with Crippen LogP contribution in [0.25, 0.3) is 0 Å². The summed E-state index contributed by atoms with van der Waals surface area (Å²) in [5, 5.41) is 0. The van der Waals surface area contributed by atoms with E-state index in [1.165, 1.54) is 225 Å². The van der Waals surface area contributed by atoms with Gasteiger partial charge in [-0.3, -0.25) is 14.4 Å². The van der Waals surface area contributed by atoms with E-state index >= 15 is 0 Å². The molecule has 6 heteroatoms. The normalized spacial score (nSPS) is 12.4. The number of hydrogen-bond acceptors (Lipinski definition) is 6. The quantitative estimate of drug-likeness (QED) is 0.0261. The van der Waals surface area contributed by atoms with E-state index in [1.807, 2.05) is 0 Å². The molecule has 436 valence electrons. The Balaban J connectivity index is 4.26. The molecule has 0 saturated heterocycles. The van der Waals surface area contributed by atoms with Gasteiger partial charge >= 0.3 is 17.9 Å². The lowest BCUT2D eigenvalue weighted by Gasteiger charge is -2.18. The molecule has 0 aliphatic heterocycles. The Bertz CT molecular complexity index is 1340. The van der Waals surface area contributed by atoms with Gasteiger partial charge in [0.05, 0.1) is 0 Å². The summed E-state index contributed by atoms with van der Waals surface area (Å²) in [6, 6.07) is 0. The number of carbonyl (C=O) groups is 3. The summed E-state index contributed by atoms with van der Waals surface area (Å²) in [5.41, 5.74) is 0. The largest absolute Gasteiger partial charge is 0.462 e. The maximum absolute atomic E-state index is 12.9. The van der Waals surface area contributed by atoms with Gasteiger partial charge in [-0.15, -0.1) is 0 Å². The molecule has 0 aromatic carbocycles. The molecule has 0 amide bonds. The second-order valence-corrected chi connectivity index (χ2v) is 22.0. The number of unbranched alkanes of at least 4 members (excludes halogenated alkanes) is 39. The summed E-state index contributed by atoms with van der Waals surface area (Å²) in [5.74, 6) is -0.865. The molecule has 0 heterocycles. The van der Waals surface area contributed by atoms with Crippen molar-refractivity contribution in [3.63, 3.8) is 0 Å². The summed E-state index contributed by atoms with van der Waals surface area (Å²) in [6.07, 6.45) is 80.8. The predicted molar refractivity (Wildman–Crippen MR) is 325 cm³/mol. The molecule has 0 rings (SSSR count). The Kier molecular flexibility index (Phi) is 61.2. The van der Waals surface area contributed by atoms with E-state index < -0.39 is 6.10 Å². The molecule has 0 radical (unpaired) electrons. The topological polar surface area (TPSA) is 78.9 Å². The first kappa shape index (κ1) is 72.1. The van der Waals surface area contributed by atoms with Crippen LogP contribution in [0, 0.1) is 0 Å². The highest BCUT2D eigenvalue weighted by Gasteiger charge is 2.19. The lowest BCUT2D eigenvalue weighted by Crippen LogP contribution is -2.30. The van der Waals surface area contributed by atoms with Crippen molar-refractivity contribution in [3.05, 3.63) is 60.8 Å². The Morgan fingerprint density at radius 2 is 0.480 bits per heavy atom. The zero-order chi connectivity index (χ0) is 54.3. The average Bonchev–Trinajstić information content (AvgIpc) is 3.41. The molecule has 0 saturated carbocycles. The van der Waals surface area contributed by atoms with Gasteiger partial charge < -0.3 is 14.2 Å². The van der Waals surface area contributed by atoms with Crippen LogP contribution in [0.1, 0.15) is 342 Å². The molecule has 75 heavy (non-hydrogen) atoms. The van der Waals surface area contributed by atoms with Gasteiger partial charge in [0.1, 0.15) is 13.2 Å². The third-order valence-electron chi connectivity index (χ3n) is 14.5. The van der Waals surface area contributed by atoms with Gasteiger partial charge in [0.25, 0.3) is 0 Å². The lowest BCUT2D eigenvalue weighted by molar-refractivity contribution is -0.167. The monoisotopic (exact) mass is 1050 g/mol. The number of esters is 3. The van der Waals surface area contributed by atoms with Gasteiger partial charge in [0.2, 0.25) is 0 Å². The predicted octanol–water partition coefficient (Wildman–Crippen LogP) is 22.3. The van der Waals surface area contributed by atoms with Crippen LogP contribution in [0.3, 0.4) is 0 Å². The smallest absolute Gasteiger partial charge is 0.306 e. The third-order valence-corrected chi connectivity index (χ3v) is 14.5. The van der Waals surface area contributed by atoms with Crippen LogP contribution < -0.4 is 0 Å². The average molecular weight is 1050 g/mol. The van der Waals surface area contributed by atoms with Crippen LogP contribution >= 0.6 is 0 Å². The number of allylic oxidation sites excluding steroid dienone is 10. The maximum atomic E-state index is 12.9. The molecular formula is C69H124O6. The van der Waals surface area contributed by atoms with Crippen LogP contribution in [0.5, 0.6) is 0 Å². The van der Waals surface area contributed by atoms with E-state index in [0.717, 1.165) is 77.0 Å². The molecular weight excluding hydrogens is 925 g/mol. The maximum Gasteiger partial charge on any atom is 0.306 e. The van der Waals surface area contributed by atoms with Crippen LogP contribution in [-0.4, -0.2) is 37.2 Å². The number of ether oxygens (including phenoxy) is 3. The van der Waals surface area contributed by atoms with Gasteiger partial charge in [-0.05, 0) is 89.9 Å². The van der Waals surface area contributed by atoms with Crippen molar-refractivity contribution in [3.8, 4) is 0 Å². The number of carbonyl (C=O) groups excluding carboxylic acids is 3. The molecule has 0 aromatic rings. The molecule has 6 nitrogen and oxygen atoms in total. The highest BCUT2D eigenvalue weighted by molar-refractivity contribution is 5.71. The van der Waals surface area contributed by atoms with Crippen LogP contribution in [0.4, 0.5) is 0 Å². The zero-order valence-corrected chi connectivity index (χ0v) is 50.1. The zero-order valence-electron chi connectivity index (χ0n) is 50.1. The summed E-state index contributed by atoms with van der Waals surface area (Å²) >= 11 is 0. The van der Waals surface area contributed by atoms with Gasteiger partial charge in [-0.25, -0.2) is 0 Å². The fraction of sp³-hybridized carbons (Fsp3) is 0.812. The fourth-order valence-electron chi connectivity index (χ4n) is 9.54. The van der Waals surface area contributed by atoms with E-state index in [2.05, 4.69) is 81.5 Å². The SMILES string of the molecule is CCCCCCC/C=C\C/C=C\C/C=C\CCCCCCCCCCCCC(=O)OCC(COC(=O)CCCCCCCCCCCCC)OC(=O)CCCCCCCCCCC/C=C\C/C=C\CCCCCCC. The van der Waals surface area contributed by atoms with Crippen LogP contribution in [0.2, 0.25) is 0 Å². The summed E-state index contributed by atoms with van der Waals surface area (Å²) in [7, 11) is 0. The van der Waals surface area contributed by atoms with Crippen LogP contribution in [0.15, 0.2) is 60.8 Å². The van der Waals surface area contributed by atoms with Crippen molar-refractivity contribution >= 4 is 17.9 Å². The summed E-state index contributed by atoms with van der Waals surface area (Å²) in [4.78, 5) is 38.3. The Morgan fingerprint density at radius 1 is 0.267 bits per heavy atom. The summed E-state index contributed by atoms with van der Waals surface area (Å²) in [6.45, 7) is 6.65. The van der Waals surface area contributed by atoms with Crippen molar-refractivity contribution in [2.24, 2.45) is 0 Å². The Morgan fingerprint density at radius 3 is 0.747 bits per heavy atom. The minimum absolute atomic E-state index is 0.0739. The molecule has 0 fully saturated rings. The Labute approximate surface area is 466 Å². The standard InChI is InChI=1S/C69H124O6/c1-4-7-10-13-16-19-22-24-26-28-30-32-33-34-35-37-38-40-42-44-47-50-53-56-59-62-68(71)74-65-66(64-73-67(70)61-58-55-52-49-46-21-18-15-12-9-6-3)75-69(72)63-60-57-54-51-48-45-43-41-39-36-31-29-27-25-23-20-17-14-11-8-5-2/h22-25,28-31,33-34,66H,4-21,26-27,32,35-65H2,1-3H3/b24-22-,25-23-,30-28-,31-29-,34-33-. The van der Waals surface area contributed by atoms with Crippen molar-refractivity contribution in [2.45, 2.75) is 348 Å². The molecule has 0 aliphatic carbocycles. The highest BCUT2D eigenvalue weighted by atomic mass is 16.6. The second-order valence-electron chi connectivity index (χ2n) is 22.0. The van der Waals surface area contributed by atoms with E-state index in [9.17, 15) is 14.4 Å². The lowest BCUT2D eigenvalue weighted by atomic mass is 10.0. The summed E-state index contributed by atoms with van der Waals surface area (Å²) < 4.78 is 16.9. The number of hydrogen-bond donors (Lipinski definition) is 0. The van der Waals surface area contributed by atoms with Crippen molar-refractivity contribution in [2.75, 3.05) is 13.2 Å². The first-order valence-corrected chi connectivity index (χ1v) is 32.8. The molecule has 1 unspecified atom stereocenters. The van der Waals surface area contributed by atoms with E-state index in [1.54, 1.807) is 0 Å². The number of rotatable bonds is 60. The first-order chi connectivity index (χ1) is 37.0. The minimum atomic E-state index is -0.777. The molecule has 0 bridgehead atoms. The Hall–Kier alpha value is -2.89. The van der Waals surface area contributed by atoms with Crippen LogP contribution in [-0.2, 0) is 28.6 Å². The molecule has 1 atom stereocenters. The van der Waals surface area contributed by atoms with E-state index in [-0.39, 0.29) is 31.1 Å². The third kappa shape index (κ3) is 61.8. The van der Waals surface area contributed by atoms with E-state index in [4.69, 9.17) is 14.2 Å². The van der Waals surface area contributed by atoms with Gasteiger partial charge in [-0.1, -0.05) is 293 Å². The second kappa shape index (κ2) is 63.6. The van der Waals surface area contributed by atoms with Gasteiger partial charge in [-0.2, -0.15) is 0 Å². The molecule has 0 spiro atoms. The van der Waals surface area contributed by atoms with Crippen molar-refractivity contribution < 1.29 is 28.6 Å². The molecule has 0 N–H and O–H groups in total. The van der Waals surface area contributed by atoms with E-state index in [0.29, 0.717) is 19.3 Å². The highest BCUT2D eigenvalue weighted by Crippen LogP contribution is 2.17. The minimum Gasteiger partial charge on any atom is -0.462 e. The fourth-order valence-corrected chi connectivity index (χ4v) is 9.54. The van der Waals surface area contributed by atoms with Gasteiger partial charge in [0.15, 0.2) is 6.10 Å².